The Hall–Kier alpha value is -2.49. The lowest BCUT2D eigenvalue weighted by Gasteiger charge is -2.17. The van der Waals surface area contributed by atoms with Gasteiger partial charge in [-0.2, -0.15) is 0 Å². The Morgan fingerprint density at radius 1 is 1.13 bits per heavy atom. The summed E-state index contributed by atoms with van der Waals surface area (Å²) in [7, 11) is 1.62. The van der Waals surface area contributed by atoms with Crippen molar-refractivity contribution >= 4 is 5.91 Å². The van der Waals surface area contributed by atoms with E-state index in [1.54, 1.807) is 14.0 Å². The Balaban J connectivity index is 1.96. The molecular weight excluding hydrogens is 290 g/mol. The van der Waals surface area contributed by atoms with E-state index >= 15 is 0 Å². The van der Waals surface area contributed by atoms with Crippen LogP contribution < -0.4 is 14.8 Å². The highest BCUT2D eigenvalue weighted by Gasteiger charge is 2.16. The van der Waals surface area contributed by atoms with Crippen molar-refractivity contribution < 1.29 is 14.3 Å². The van der Waals surface area contributed by atoms with E-state index in [2.05, 4.69) is 5.32 Å². The molecule has 2 aromatic carbocycles. The second-order valence-electron chi connectivity index (χ2n) is 5.56. The molecule has 122 valence electrons. The van der Waals surface area contributed by atoms with Gasteiger partial charge in [0.1, 0.15) is 11.5 Å². The fourth-order valence-electron chi connectivity index (χ4n) is 2.25. The predicted octanol–water partition coefficient (Wildman–Crippen LogP) is 3.40. The average molecular weight is 313 g/mol. The summed E-state index contributed by atoms with van der Waals surface area (Å²) in [4.78, 5) is 12.2. The Morgan fingerprint density at radius 2 is 1.87 bits per heavy atom. The lowest BCUT2D eigenvalue weighted by atomic mass is 10.1. The quantitative estimate of drug-likeness (QED) is 0.889. The Morgan fingerprint density at radius 3 is 2.61 bits per heavy atom. The van der Waals surface area contributed by atoms with Crippen molar-refractivity contribution in [2.24, 2.45) is 0 Å². The number of para-hydroxylation sites is 1. The fourth-order valence-corrected chi connectivity index (χ4v) is 2.25. The van der Waals surface area contributed by atoms with Gasteiger partial charge < -0.3 is 14.8 Å². The number of hydrogen-bond donors (Lipinski definition) is 1. The topological polar surface area (TPSA) is 47.6 Å². The zero-order valence-electron chi connectivity index (χ0n) is 14.1. The van der Waals surface area contributed by atoms with Gasteiger partial charge in [-0.25, -0.2) is 0 Å². The van der Waals surface area contributed by atoms with Crippen LogP contribution in [0.4, 0.5) is 0 Å². The highest BCUT2D eigenvalue weighted by Crippen LogP contribution is 2.21. The van der Waals surface area contributed by atoms with E-state index in [0.29, 0.717) is 6.54 Å². The van der Waals surface area contributed by atoms with Crippen molar-refractivity contribution in [2.75, 3.05) is 7.11 Å². The van der Waals surface area contributed by atoms with E-state index < -0.39 is 6.10 Å². The van der Waals surface area contributed by atoms with E-state index in [9.17, 15) is 4.79 Å². The summed E-state index contributed by atoms with van der Waals surface area (Å²) in [5.41, 5.74) is 3.05. The average Bonchev–Trinajstić information content (AvgIpc) is 2.56. The number of carbonyl (C=O) groups is 1. The van der Waals surface area contributed by atoms with Gasteiger partial charge in [-0.3, -0.25) is 4.79 Å². The summed E-state index contributed by atoms with van der Waals surface area (Å²) in [6.07, 6.45) is -0.565. The Kier molecular flexibility index (Phi) is 5.63. The van der Waals surface area contributed by atoms with Gasteiger partial charge >= 0.3 is 0 Å². The molecule has 0 aliphatic heterocycles. The van der Waals surface area contributed by atoms with Gasteiger partial charge in [0.05, 0.1) is 7.11 Å². The van der Waals surface area contributed by atoms with Crippen molar-refractivity contribution in [3.8, 4) is 11.5 Å². The number of methoxy groups -OCH3 is 1. The van der Waals surface area contributed by atoms with Crippen molar-refractivity contribution in [1.29, 1.82) is 0 Å². The number of amides is 1. The maximum Gasteiger partial charge on any atom is 0.261 e. The second kappa shape index (κ2) is 7.68. The maximum absolute atomic E-state index is 12.2. The molecule has 0 aliphatic rings. The highest BCUT2D eigenvalue weighted by molar-refractivity contribution is 5.80. The molecule has 1 N–H and O–H groups in total. The van der Waals surface area contributed by atoms with Gasteiger partial charge in [-0.05, 0) is 44.0 Å². The normalized spacial score (nSPS) is 11.7. The van der Waals surface area contributed by atoms with Crippen molar-refractivity contribution in [3.05, 3.63) is 59.2 Å². The molecule has 4 heteroatoms. The van der Waals surface area contributed by atoms with Gasteiger partial charge in [0.2, 0.25) is 0 Å². The molecule has 0 saturated heterocycles. The fraction of sp³-hybridized carbons (Fsp3) is 0.316. The molecule has 0 fully saturated rings. The summed E-state index contributed by atoms with van der Waals surface area (Å²) in [5.74, 6) is 1.35. The molecule has 0 bridgehead atoms. The van der Waals surface area contributed by atoms with Crippen molar-refractivity contribution in [2.45, 2.75) is 33.4 Å². The zero-order chi connectivity index (χ0) is 16.8. The van der Waals surface area contributed by atoms with Gasteiger partial charge in [-0.15, -0.1) is 0 Å². The first-order valence-corrected chi connectivity index (χ1v) is 7.64. The molecule has 0 heterocycles. The molecule has 23 heavy (non-hydrogen) atoms. The zero-order valence-corrected chi connectivity index (χ0v) is 14.1. The summed E-state index contributed by atoms with van der Waals surface area (Å²) in [6.45, 7) is 6.12. The third kappa shape index (κ3) is 4.49. The number of benzene rings is 2. The molecule has 4 nitrogen and oxygen atoms in total. The van der Waals surface area contributed by atoms with Gasteiger partial charge in [0.15, 0.2) is 6.10 Å². The number of rotatable bonds is 6. The summed E-state index contributed by atoms with van der Waals surface area (Å²) < 4.78 is 11.1. The van der Waals surface area contributed by atoms with E-state index in [1.165, 1.54) is 0 Å². The third-order valence-electron chi connectivity index (χ3n) is 3.66. The molecule has 0 aromatic heterocycles. The van der Waals surface area contributed by atoms with Crippen LogP contribution in [-0.2, 0) is 11.3 Å². The van der Waals surface area contributed by atoms with Crippen molar-refractivity contribution in [3.63, 3.8) is 0 Å². The number of hydrogen-bond acceptors (Lipinski definition) is 3. The first-order valence-electron chi connectivity index (χ1n) is 7.64. The number of carbonyl (C=O) groups excluding carboxylic acids is 1. The minimum atomic E-state index is -0.565. The number of ether oxygens (including phenoxy) is 2. The molecule has 0 saturated carbocycles. The van der Waals surface area contributed by atoms with Crippen LogP contribution in [-0.4, -0.2) is 19.1 Å². The minimum Gasteiger partial charge on any atom is -0.496 e. The van der Waals surface area contributed by atoms with Crippen molar-refractivity contribution in [1.82, 2.24) is 5.32 Å². The lowest BCUT2D eigenvalue weighted by Crippen LogP contribution is -2.36. The second-order valence-corrected chi connectivity index (χ2v) is 5.56. The van der Waals surface area contributed by atoms with Crippen LogP contribution in [0.25, 0.3) is 0 Å². The van der Waals surface area contributed by atoms with E-state index in [-0.39, 0.29) is 5.91 Å². The largest absolute Gasteiger partial charge is 0.496 e. The van der Waals surface area contributed by atoms with Crippen LogP contribution in [0.5, 0.6) is 11.5 Å². The molecule has 1 amide bonds. The van der Waals surface area contributed by atoms with Crippen LogP contribution in [0, 0.1) is 13.8 Å². The molecule has 0 unspecified atom stereocenters. The van der Waals surface area contributed by atoms with E-state index in [0.717, 1.165) is 28.2 Å². The third-order valence-corrected chi connectivity index (χ3v) is 3.66. The molecule has 0 aliphatic carbocycles. The molecular formula is C19H23NO3. The molecule has 0 radical (unpaired) electrons. The van der Waals surface area contributed by atoms with Crippen LogP contribution in [0.3, 0.4) is 0 Å². The SMILES string of the molecule is COc1ccccc1CNC(=O)[C@H](C)Oc1cc(C)ccc1C. The number of aryl methyl sites for hydroxylation is 2. The Bertz CT molecular complexity index is 682. The van der Waals surface area contributed by atoms with E-state index in [1.807, 2.05) is 56.3 Å². The monoisotopic (exact) mass is 313 g/mol. The molecule has 0 spiro atoms. The smallest absolute Gasteiger partial charge is 0.261 e. The first-order chi connectivity index (χ1) is 11.0. The predicted molar refractivity (Wildman–Crippen MR) is 90.8 cm³/mol. The first kappa shape index (κ1) is 16.9. The van der Waals surface area contributed by atoms with Crippen LogP contribution in [0.2, 0.25) is 0 Å². The molecule has 1 atom stereocenters. The minimum absolute atomic E-state index is 0.156. The van der Waals surface area contributed by atoms with Crippen LogP contribution >= 0.6 is 0 Å². The Labute approximate surface area is 137 Å². The lowest BCUT2D eigenvalue weighted by molar-refractivity contribution is -0.127. The standard InChI is InChI=1S/C19H23NO3/c1-13-9-10-14(2)18(11-13)23-15(3)19(21)20-12-16-7-5-6-8-17(16)22-4/h5-11,15H,12H2,1-4H3,(H,20,21)/t15-/m0/s1. The van der Waals surface area contributed by atoms with Gasteiger partial charge in [0.25, 0.3) is 5.91 Å². The van der Waals surface area contributed by atoms with Gasteiger partial charge in [0, 0.05) is 12.1 Å². The molecule has 2 rings (SSSR count). The maximum atomic E-state index is 12.2. The summed E-state index contributed by atoms with van der Waals surface area (Å²) in [5, 5.41) is 2.88. The molecule has 2 aromatic rings. The van der Waals surface area contributed by atoms with Crippen LogP contribution in [0.1, 0.15) is 23.6 Å². The number of nitrogens with one attached hydrogen (secondary N) is 1. The van der Waals surface area contributed by atoms with E-state index in [4.69, 9.17) is 9.47 Å². The van der Waals surface area contributed by atoms with Gasteiger partial charge in [-0.1, -0.05) is 30.3 Å². The summed E-state index contributed by atoms with van der Waals surface area (Å²) >= 11 is 0. The highest BCUT2D eigenvalue weighted by atomic mass is 16.5. The van der Waals surface area contributed by atoms with Crippen LogP contribution in [0.15, 0.2) is 42.5 Å². The summed E-state index contributed by atoms with van der Waals surface area (Å²) in [6, 6.07) is 13.6.